The molecule has 4 N–H and O–H groups in total. The molecule has 0 aliphatic rings. The molecule has 10 nitrogen and oxygen atoms in total. The first-order valence-electron chi connectivity index (χ1n) is 13.7. The third-order valence-corrected chi connectivity index (χ3v) is 6.59. The monoisotopic (exact) mass is 556 g/mol. The van der Waals surface area contributed by atoms with Crippen LogP contribution in [0.25, 0.3) is 10.9 Å². The van der Waals surface area contributed by atoms with E-state index in [-0.39, 0.29) is 25.4 Å². The van der Waals surface area contributed by atoms with E-state index in [2.05, 4.69) is 44.7 Å². The molecule has 0 fully saturated rings. The topological polar surface area (TPSA) is 138 Å². The number of amides is 3. The van der Waals surface area contributed by atoms with Crippen LogP contribution in [0.3, 0.4) is 0 Å². The average Bonchev–Trinajstić information content (AvgIpc) is 3.49. The maximum atomic E-state index is 13.7. The molecular weight excluding hydrogens is 520 g/mol. The van der Waals surface area contributed by atoms with Crippen LogP contribution in [0.2, 0.25) is 0 Å². The number of alkyl carbamates (subject to hydrolysis) is 1. The van der Waals surface area contributed by atoms with Gasteiger partial charge >= 0.3 is 6.09 Å². The van der Waals surface area contributed by atoms with Gasteiger partial charge in [-0.2, -0.15) is 0 Å². The van der Waals surface area contributed by atoms with Gasteiger partial charge in [-0.15, -0.1) is 0 Å². The van der Waals surface area contributed by atoms with E-state index in [1.165, 1.54) is 6.33 Å². The maximum Gasteiger partial charge on any atom is 0.408 e. The summed E-state index contributed by atoms with van der Waals surface area (Å²) in [6, 6.07) is 16.8. The Morgan fingerprint density at radius 1 is 0.902 bits per heavy atom. The Morgan fingerprint density at radius 2 is 1.68 bits per heavy atom. The van der Waals surface area contributed by atoms with Crippen molar-refractivity contribution in [1.29, 1.82) is 0 Å². The first kappa shape index (κ1) is 29.3. The lowest BCUT2D eigenvalue weighted by Gasteiger charge is -2.23. The molecule has 0 spiro atoms. The second kappa shape index (κ2) is 14.6. The predicted octanol–water partition coefficient (Wildman–Crippen LogP) is 3.69. The minimum atomic E-state index is -1.03. The average molecular weight is 557 g/mol. The molecule has 0 bridgehead atoms. The Bertz CT molecular complexity index is 1420. The highest BCUT2D eigenvalue weighted by Gasteiger charge is 2.28. The third kappa shape index (κ3) is 8.89. The fourth-order valence-electron chi connectivity index (χ4n) is 4.37. The zero-order chi connectivity index (χ0) is 29.0. The fourth-order valence-corrected chi connectivity index (χ4v) is 4.37. The number of benzene rings is 2. The van der Waals surface area contributed by atoms with Crippen molar-refractivity contribution in [3.05, 3.63) is 96.2 Å². The van der Waals surface area contributed by atoms with E-state index in [1.807, 2.05) is 60.7 Å². The van der Waals surface area contributed by atoms with Crippen LogP contribution < -0.4 is 16.0 Å². The lowest BCUT2D eigenvalue weighted by molar-refractivity contribution is -0.130. The van der Waals surface area contributed by atoms with Crippen molar-refractivity contribution in [2.75, 3.05) is 6.54 Å². The minimum absolute atomic E-state index is 0.0531. The number of para-hydroxylation sites is 1. The van der Waals surface area contributed by atoms with Crippen LogP contribution in [0, 0.1) is 5.92 Å². The molecule has 2 atom stereocenters. The molecule has 0 saturated heterocycles. The summed E-state index contributed by atoms with van der Waals surface area (Å²) in [5.41, 5.74) is 3.02. The number of hydrogen-bond acceptors (Lipinski definition) is 6. The Morgan fingerprint density at radius 3 is 2.44 bits per heavy atom. The molecule has 4 rings (SSSR count). The van der Waals surface area contributed by atoms with Gasteiger partial charge in [0.15, 0.2) is 0 Å². The summed E-state index contributed by atoms with van der Waals surface area (Å²) in [7, 11) is 0. The second-order valence-electron chi connectivity index (χ2n) is 10.3. The summed E-state index contributed by atoms with van der Waals surface area (Å²) in [6.07, 6.45) is 5.23. The van der Waals surface area contributed by atoms with E-state index in [9.17, 15) is 14.4 Å². The quantitative estimate of drug-likeness (QED) is 0.198. The molecule has 0 aliphatic heterocycles. The largest absolute Gasteiger partial charge is 0.445 e. The van der Waals surface area contributed by atoms with Crippen molar-refractivity contribution in [1.82, 2.24) is 30.9 Å². The molecule has 0 radical (unpaired) electrons. The van der Waals surface area contributed by atoms with Crippen molar-refractivity contribution < 1.29 is 19.1 Å². The smallest absolute Gasteiger partial charge is 0.408 e. The first-order valence-corrected chi connectivity index (χ1v) is 13.7. The summed E-state index contributed by atoms with van der Waals surface area (Å²) < 4.78 is 5.41. The highest BCUT2D eigenvalue weighted by atomic mass is 16.5. The molecule has 10 heteroatoms. The number of carbonyl (C=O) groups excluding carboxylic acids is 3. The van der Waals surface area contributed by atoms with Gasteiger partial charge in [-0.3, -0.25) is 14.6 Å². The summed E-state index contributed by atoms with van der Waals surface area (Å²) in [6.45, 7) is 4.69. The number of fused-ring (bicyclic) bond motifs is 1. The number of nitrogens with zero attached hydrogens (tertiary/aromatic N) is 2. The molecule has 3 amide bonds. The fraction of sp³-hybridized carbons (Fsp3) is 0.323. The summed E-state index contributed by atoms with van der Waals surface area (Å²) in [4.78, 5) is 51.2. The highest BCUT2D eigenvalue weighted by molar-refractivity contribution is 5.92. The Kier molecular flexibility index (Phi) is 10.4. The van der Waals surface area contributed by atoms with Crippen molar-refractivity contribution in [3.8, 4) is 0 Å². The van der Waals surface area contributed by atoms with E-state index in [0.717, 1.165) is 28.5 Å². The molecule has 2 heterocycles. The maximum absolute atomic E-state index is 13.7. The van der Waals surface area contributed by atoms with Crippen LogP contribution in [-0.4, -0.2) is 51.5 Å². The van der Waals surface area contributed by atoms with Gasteiger partial charge in [0.2, 0.25) is 11.8 Å². The number of hydrogen-bond donors (Lipinski definition) is 4. The van der Waals surface area contributed by atoms with Crippen LogP contribution in [0.4, 0.5) is 4.79 Å². The SMILES string of the molecule is CC(C)CCNC(=O)[C@H](Cc1cnc[nH]1)NC(=O)[C@@H](Cc1cccc2cccnc12)NC(=O)OCc1ccccc1. The third-order valence-electron chi connectivity index (χ3n) is 6.59. The van der Waals surface area contributed by atoms with Gasteiger partial charge < -0.3 is 25.7 Å². The first-order chi connectivity index (χ1) is 19.9. The zero-order valence-corrected chi connectivity index (χ0v) is 23.3. The molecule has 41 heavy (non-hydrogen) atoms. The van der Waals surface area contributed by atoms with Gasteiger partial charge in [0.1, 0.15) is 18.7 Å². The van der Waals surface area contributed by atoms with Crippen LogP contribution in [0.1, 0.15) is 37.1 Å². The van der Waals surface area contributed by atoms with E-state index in [4.69, 9.17) is 4.74 Å². The summed E-state index contributed by atoms with van der Waals surface area (Å²) in [5.74, 6) is -0.412. The number of carbonyl (C=O) groups is 3. The lowest BCUT2D eigenvalue weighted by atomic mass is 10.0. The molecule has 0 aliphatic carbocycles. The molecular formula is C31H36N6O4. The van der Waals surface area contributed by atoms with E-state index >= 15 is 0 Å². The van der Waals surface area contributed by atoms with Gasteiger partial charge in [0, 0.05) is 42.9 Å². The van der Waals surface area contributed by atoms with Gasteiger partial charge in [0.05, 0.1) is 11.8 Å². The second-order valence-corrected chi connectivity index (χ2v) is 10.3. The van der Waals surface area contributed by atoms with Crippen molar-refractivity contribution in [3.63, 3.8) is 0 Å². The van der Waals surface area contributed by atoms with Crippen LogP contribution in [0.15, 0.2) is 79.4 Å². The molecule has 0 saturated carbocycles. The number of rotatable bonds is 13. The van der Waals surface area contributed by atoms with E-state index < -0.39 is 24.1 Å². The normalized spacial score (nSPS) is 12.5. The van der Waals surface area contributed by atoms with Crippen LogP contribution in [-0.2, 0) is 33.8 Å². The Balaban J connectivity index is 1.53. The van der Waals surface area contributed by atoms with Crippen molar-refractivity contribution >= 4 is 28.8 Å². The predicted molar refractivity (Wildman–Crippen MR) is 156 cm³/mol. The van der Waals surface area contributed by atoms with Gasteiger partial charge in [0.25, 0.3) is 0 Å². The van der Waals surface area contributed by atoms with Gasteiger partial charge in [-0.25, -0.2) is 9.78 Å². The molecule has 2 aromatic heterocycles. The lowest BCUT2D eigenvalue weighted by Crippen LogP contribution is -2.55. The molecule has 214 valence electrons. The van der Waals surface area contributed by atoms with Gasteiger partial charge in [-0.1, -0.05) is 68.4 Å². The minimum Gasteiger partial charge on any atom is -0.445 e. The molecule has 4 aromatic rings. The Hall–Kier alpha value is -4.73. The standard InChI is InChI=1S/C31H36N6O4/c1-21(2)13-15-34-29(38)27(17-25-18-32-20-35-25)36-30(39)26(37-31(40)41-19-22-8-4-3-5-9-22)16-24-11-6-10-23-12-7-14-33-28(23)24/h3-12,14,18,20-21,26-27H,13,15-17,19H2,1-2H3,(H,32,35)(H,34,38)(H,36,39)(H,37,40)/t26-,27+/m1/s1. The number of ether oxygens (including phenoxy) is 1. The number of aromatic nitrogens is 3. The van der Waals surface area contributed by atoms with Crippen molar-refractivity contribution in [2.45, 2.75) is 51.8 Å². The molecule has 0 unspecified atom stereocenters. The highest BCUT2D eigenvalue weighted by Crippen LogP contribution is 2.18. The van der Waals surface area contributed by atoms with E-state index in [0.29, 0.717) is 18.2 Å². The summed E-state index contributed by atoms with van der Waals surface area (Å²) in [5, 5.41) is 9.39. The number of nitrogens with one attached hydrogen (secondary N) is 4. The zero-order valence-electron chi connectivity index (χ0n) is 23.3. The van der Waals surface area contributed by atoms with Gasteiger partial charge in [-0.05, 0) is 29.5 Å². The number of pyridine rings is 1. The van der Waals surface area contributed by atoms with Crippen molar-refractivity contribution in [2.24, 2.45) is 5.92 Å². The van der Waals surface area contributed by atoms with Crippen LogP contribution >= 0.6 is 0 Å². The number of aromatic amines is 1. The van der Waals surface area contributed by atoms with E-state index in [1.54, 1.807) is 12.4 Å². The number of H-pyrrole nitrogens is 1. The Labute approximate surface area is 239 Å². The molecule has 2 aromatic carbocycles. The van der Waals surface area contributed by atoms with Crippen LogP contribution in [0.5, 0.6) is 0 Å². The number of imidazole rings is 1. The summed E-state index contributed by atoms with van der Waals surface area (Å²) >= 11 is 0.